The summed E-state index contributed by atoms with van der Waals surface area (Å²) in [6.45, 7) is 6.17. The first-order valence-corrected chi connectivity index (χ1v) is 6.63. The van der Waals surface area contributed by atoms with Crippen molar-refractivity contribution in [3.05, 3.63) is 0 Å². The molecule has 0 aromatic rings. The molecule has 0 unspecified atom stereocenters. The third-order valence-electron chi connectivity index (χ3n) is 2.89. The third-order valence-corrected chi connectivity index (χ3v) is 2.89. The van der Waals surface area contributed by atoms with Gasteiger partial charge in [0.05, 0.1) is 6.61 Å². The number of carbonyl (C=O) groups is 2. The van der Waals surface area contributed by atoms with Gasteiger partial charge in [0.15, 0.2) is 0 Å². The van der Waals surface area contributed by atoms with Gasteiger partial charge in [-0.2, -0.15) is 0 Å². The summed E-state index contributed by atoms with van der Waals surface area (Å²) in [5.74, 6) is 0. The molecule has 0 spiro atoms. The second-order valence-electron chi connectivity index (χ2n) is 4.36. The second kappa shape index (κ2) is 7.79. The number of ether oxygens (including phenoxy) is 1. The van der Waals surface area contributed by atoms with Crippen molar-refractivity contribution in [1.82, 2.24) is 15.5 Å². The largest absolute Gasteiger partial charge is 0.450 e. The van der Waals surface area contributed by atoms with Crippen LogP contribution in [-0.2, 0) is 4.74 Å². The molecule has 0 bridgehead atoms. The zero-order valence-corrected chi connectivity index (χ0v) is 11.2. The van der Waals surface area contributed by atoms with Gasteiger partial charge in [0.1, 0.15) is 0 Å². The van der Waals surface area contributed by atoms with Crippen molar-refractivity contribution < 1.29 is 14.3 Å². The van der Waals surface area contributed by atoms with E-state index in [1.165, 1.54) is 0 Å². The number of nitrogens with zero attached hydrogens (tertiary/aromatic N) is 1. The van der Waals surface area contributed by atoms with E-state index < -0.39 is 0 Å². The maximum Gasteiger partial charge on any atom is 0.409 e. The Hall–Kier alpha value is -1.46. The molecule has 6 heteroatoms. The van der Waals surface area contributed by atoms with E-state index in [-0.39, 0.29) is 18.2 Å². The van der Waals surface area contributed by atoms with Crippen LogP contribution in [0.3, 0.4) is 0 Å². The summed E-state index contributed by atoms with van der Waals surface area (Å²) in [6, 6.07) is 0.0268. The lowest BCUT2D eigenvalue weighted by Gasteiger charge is -2.31. The molecule has 1 fully saturated rings. The highest BCUT2D eigenvalue weighted by molar-refractivity contribution is 5.74. The van der Waals surface area contributed by atoms with Crippen LogP contribution < -0.4 is 10.6 Å². The number of nitrogens with one attached hydrogen (secondary N) is 2. The maximum atomic E-state index is 11.5. The van der Waals surface area contributed by atoms with E-state index in [0.717, 1.165) is 19.3 Å². The van der Waals surface area contributed by atoms with Crippen molar-refractivity contribution in [1.29, 1.82) is 0 Å². The maximum absolute atomic E-state index is 11.5. The Morgan fingerprint density at radius 3 is 2.50 bits per heavy atom. The molecule has 0 aromatic heterocycles. The SMILES string of the molecule is CCCNC(=O)NC1CCN(C(=O)OCC)CC1. The molecule has 0 radical (unpaired) electrons. The molecule has 1 rings (SSSR count). The Morgan fingerprint density at radius 1 is 1.28 bits per heavy atom. The predicted octanol–water partition coefficient (Wildman–Crippen LogP) is 1.32. The van der Waals surface area contributed by atoms with Gasteiger partial charge in [0.2, 0.25) is 0 Å². The summed E-state index contributed by atoms with van der Waals surface area (Å²) < 4.78 is 4.94. The molecule has 18 heavy (non-hydrogen) atoms. The molecule has 2 N–H and O–H groups in total. The molecule has 0 saturated carbocycles. The predicted molar refractivity (Wildman–Crippen MR) is 68.4 cm³/mol. The first-order valence-electron chi connectivity index (χ1n) is 6.63. The van der Waals surface area contributed by atoms with Crippen molar-refractivity contribution in [2.75, 3.05) is 26.2 Å². The minimum absolute atomic E-state index is 0.119. The van der Waals surface area contributed by atoms with Gasteiger partial charge in [-0.3, -0.25) is 0 Å². The van der Waals surface area contributed by atoms with E-state index in [0.29, 0.717) is 26.2 Å². The molecule has 1 heterocycles. The van der Waals surface area contributed by atoms with Crippen LogP contribution in [0.5, 0.6) is 0 Å². The van der Waals surface area contributed by atoms with E-state index >= 15 is 0 Å². The molecule has 0 atom stereocenters. The van der Waals surface area contributed by atoms with Crippen LogP contribution >= 0.6 is 0 Å². The summed E-state index contributed by atoms with van der Waals surface area (Å²) in [7, 11) is 0. The average Bonchev–Trinajstić information content (AvgIpc) is 2.37. The van der Waals surface area contributed by atoms with Crippen LogP contribution in [0.2, 0.25) is 0 Å². The average molecular weight is 257 g/mol. The zero-order chi connectivity index (χ0) is 13.4. The molecule has 104 valence electrons. The topological polar surface area (TPSA) is 70.7 Å². The summed E-state index contributed by atoms with van der Waals surface area (Å²) in [5.41, 5.74) is 0. The molecule has 0 aromatic carbocycles. The summed E-state index contributed by atoms with van der Waals surface area (Å²) in [5, 5.41) is 5.69. The zero-order valence-electron chi connectivity index (χ0n) is 11.2. The van der Waals surface area contributed by atoms with Crippen LogP contribution in [0.4, 0.5) is 9.59 Å². The van der Waals surface area contributed by atoms with Gasteiger partial charge < -0.3 is 20.3 Å². The molecule has 1 saturated heterocycles. The number of urea groups is 1. The second-order valence-corrected chi connectivity index (χ2v) is 4.36. The molecular formula is C12H23N3O3. The van der Waals surface area contributed by atoms with Crippen molar-refractivity contribution in [3.8, 4) is 0 Å². The van der Waals surface area contributed by atoms with E-state index in [1.807, 2.05) is 6.92 Å². The number of rotatable bonds is 4. The minimum atomic E-state index is -0.258. The summed E-state index contributed by atoms with van der Waals surface area (Å²) >= 11 is 0. The molecule has 1 aliphatic rings. The van der Waals surface area contributed by atoms with Crippen molar-refractivity contribution in [2.24, 2.45) is 0 Å². The number of hydrogen-bond acceptors (Lipinski definition) is 3. The fraction of sp³-hybridized carbons (Fsp3) is 0.833. The number of piperidine rings is 1. The smallest absolute Gasteiger partial charge is 0.409 e. The summed E-state index contributed by atoms with van der Waals surface area (Å²) in [6.07, 6.45) is 2.22. The monoisotopic (exact) mass is 257 g/mol. The Balaban J connectivity index is 2.22. The Kier molecular flexibility index (Phi) is 6.32. The third kappa shape index (κ3) is 4.81. The van der Waals surface area contributed by atoms with Gasteiger partial charge in [-0.1, -0.05) is 6.92 Å². The molecular weight excluding hydrogens is 234 g/mol. The van der Waals surface area contributed by atoms with E-state index in [2.05, 4.69) is 10.6 Å². The quantitative estimate of drug-likeness (QED) is 0.798. The van der Waals surface area contributed by atoms with Gasteiger partial charge in [-0.25, -0.2) is 9.59 Å². The Bertz CT molecular complexity index is 276. The number of amides is 3. The molecule has 1 aliphatic heterocycles. The fourth-order valence-corrected chi connectivity index (χ4v) is 1.90. The lowest BCUT2D eigenvalue weighted by molar-refractivity contribution is 0.0957. The van der Waals surface area contributed by atoms with Gasteiger partial charge in [-0.05, 0) is 26.2 Å². The first kappa shape index (κ1) is 14.6. The van der Waals surface area contributed by atoms with Gasteiger partial charge in [-0.15, -0.1) is 0 Å². The van der Waals surface area contributed by atoms with Crippen LogP contribution in [0.1, 0.15) is 33.1 Å². The van der Waals surface area contributed by atoms with Crippen molar-refractivity contribution in [3.63, 3.8) is 0 Å². The highest BCUT2D eigenvalue weighted by Crippen LogP contribution is 2.11. The summed E-state index contributed by atoms with van der Waals surface area (Å²) in [4.78, 5) is 24.6. The highest BCUT2D eigenvalue weighted by Gasteiger charge is 2.24. The number of hydrogen-bond donors (Lipinski definition) is 2. The van der Waals surface area contributed by atoms with Crippen LogP contribution in [0.15, 0.2) is 0 Å². The first-order chi connectivity index (χ1) is 8.67. The lowest BCUT2D eigenvalue weighted by Crippen LogP contribution is -2.49. The highest BCUT2D eigenvalue weighted by atomic mass is 16.6. The molecule has 3 amide bonds. The number of likely N-dealkylation sites (tertiary alicyclic amines) is 1. The fourth-order valence-electron chi connectivity index (χ4n) is 1.90. The standard InChI is InChI=1S/C12H23N3O3/c1-3-7-13-11(16)14-10-5-8-15(9-6-10)12(17)18-4-2/h10H,3-9H2,1-2H3,(H2,13,14,16). The van der Waals surface area contributed by atoms with Crippen molar-refractivity contribution >= 4 is 12.1 Å². The van der Waals surface area contributed by atoms with E-state index in [9.17, 15) is 9.59 Å². The number of carbonyl (C=O) groups excluding carboxylic acids is 2. The minimum Gasteiger partial charge on any atom is -0.450 e. The van der Waals surface area contributed by atoms with Gasteiger partial charge in [0, 0.05) is 25.7 Å². The van der Waals surface area contributed by atoms with Crippen LogP contribution in [0, 0.1) is 0 Å². The van der Waals surface area contributed by atoms with Gasteiger partial charge >= 0.3 is 12.1 Å². The van der Waals surface area contributed by atoms with Gasteiger partial charge in [0.25, 0.3) is 0 Å². The normalized spacial score (nSPS) is 16.2. The molecule has 6 nitrogen and oxygen atoms in total. The van der Waals surface area contributed by atoms with E-state index in [1.54, 1.807) is 11.8 Å². The van der Waals surface area contributed by atoms with Crippen molar-refractivity contribution in [2.45, 2.75) is 39.2 Å². The Morgan fingerprint density at radius 2 is 1.94 bits per heavy atom. The van der Waals surface area contributed by atoms with E-state index in [4.69, 9.17) is 4.74 Å². The lowest BCUT2D eigenvalue weighted by atomic mass is 10.1. The molecule has 0 aliphatic carbocycles. The Labute approximate surface area is 108 Å². The van der Waals surface area contributed by atoms with Crippen LogP contribution in [0.25, 0.3) is 0 Å². The van der Waals surface area contributed by atoms with Crippen LogP contribution in [-0.4, -0.2) is 49.3 Å².